The summed E-state index contributed by atoms with van der Waals surface area (Å²) in [6, 6.07) is 0.421. The summed E-state index contributed by atoms with van der Waals surface area (Å²) in [7, 11) is -2.92. The largest absolute Gasteiger partial charge is 0.314 e. The Morgan fingerprint density at radius 1 is 1.00 bits per heavy atom. The van der Waals surface area contributed by atoms with Crippen LogP contribution in [0, 0.1) is 5.92 Å². The molecule has 0 aromatic heterocycles. The van der Waals surface area contributed by atoms with Crippen LogP contribution in [0.25, 0.3) is 0 Å². The molecule has 0 spiro atoms. The molecule has 20 heavy (non-hydrogen) atoms. The molecule has 0 heterocycles. The lowest BCUT2D eigenvalue weighted by Crippen LogP contribution is -2.43. The summed E-state index contributed by atoms with van der Waals surface area (Å²) in [5, 5.41) is 3.38. The number of hydrogen-bond donors (Lipinski definition) is 1. The quantitative estimate of drug-likeness (QED) is 0.847. The summed E-state index contributed by atoms with van der Waals surface area (Å²) in [5.41, 5.74) is 0. The van der Waals surface area contributed by atoms with Crippen molar-refractivity contribution in [3.8, 4) is 0 Å². The predicted molar refractivity (Wildman–Crippen MR) is 84.7 cm³/mol. The molecule has 0 radical (unpaired) electrons. The molecule has 2 fully saturated rings. The smallest absolute Gasteiger partial charge is 0.156 e. The third kappa shape index (κ3) is 3.97. The molecule has 0 aromatic rings. The number of sulfone groups is 1. The van der Waals surface area contributed by atoms with Crippen LogP contribution >= 0.6 is 0 Å². The van der Waals surface area contributed by atoms with Gasteiger partial charge in [0.2, 0.25) is 0 Å². The van der Waals surface area contributed by atoms with E-state index < -0.39 is 9.84 Å². The van der Waals surface area contributed by atoms with E-state index in [2.05, 4.69) is 19.2 Å². The van der Waals surface area contributed by atoms with Crippen molar-refractivity contribution in [3.63, 3.8) is 0 Å². The van der Waals surface area contributed by atoms with Crippen LogP contribution in [-0.2, 0) is 9.84 Å². The fourth-order valence-electron chi connectivity index (χ4n) is 3.93. The highest BCUT2D eigenvalue weighted by Gasteiger charge is 2.38. The zero-order valence-corrected chi connectivity index (χ0v) is 13.9. The average molecular weight is 301 g/mol. The van der Waals surface area contributed by atoms with Gasteiger partial charge in [0, 0.05) is 6.04 Å². The van der Waals surface area contributed by atoms with Gasteiger partial charge in [0.1, 0.15) is 0 Å². The third-order valence-corrected chi connectivity index (χ3v) is 7.84. The first-order valence-corrected chi connectivity index (χ1v) is 10.1. The SMILES string of the molecule is CCCNC1CCCC(S(=O)(=O)C2CCCC(C)C2)C1. The van der Waals surface area contributed by atoms with Crippen LogP contribution < -0.4 is 5.32 Å². The van der Waals surface area contributed by atoms with Crippen molar-refractivity contribution in [2.45, 2.75) is 88.2 Å². The third-order valence-electron chi connectivity index (χ3n) is 5.13. The molecule has 118 valence electrons. The Labute approximate surface area is 124 Å². The molecule has 4 heteroatoms. The van der Waals surface area contributed by atoms with Gasteiger partial charge in [0.05, 0.1) is 10.5 Å². The summed E-state index contributed by atoms with van der Waals surface area (Å²) in [4.78, 5) is 0. The summed E-state index contributed by atoms with van der Waals surface area (Å²) in [5.74, 6) is 0.584. The van der Waals surface area contributed by atoms with Crippen molar-refractivity contribution < 1.29 is 8.42 Å². The van der Waals surface area contributed by atoms with E-state index >= 15 is 0 Å². The molecular weight excluding hydrogens is 270 g/mol. The maximum atomic E-state index is 12.9. The average Bonchev–Trinajstić information content (AvgIpc) is 2.45. The molecule has 0 bridgehead atoms. The monoisotopic (exact) mass is 301 g/mol. The molecular formula is C16H31NO2S. The molecule has 0 saturated heterocycles. The molecule has 2 saturated carbocycles. The lowest BCUT2D eigenvalue weighted by Gasteiger charge is -2.34. The van der Waals surface area contributed by atoms with Gasteiger partial charge >= 0.3 is 0 Å². The molecule has 1 N–H and O–H groups in total. The molecule has 0 aliphatic heterocycles. The van der Waals surface area contributed by atoms with Crippen LogP contribution in [0.1, 0.15) is 71.6 Å². The lowest BCUT2D eigenvalue weighted by atomic mass is 9.90. The molecule has 4 atom stereocenters. The zero-order chi connectivity index (χ0) is 14.6. The second-order valence-corrected chi connectivity index (χ2v) is 9.43. The van der Waals surface area contributed by atoms with E-state index in [0.29, 0.717) is 12.0 Å². The van der Waals surface area contributed by atoms with E-state index in [-0.39, 0.29) is 10.5 Å². The fraction of sp³-hybridized carbons (Fsp3) is 1.00. The van der Waals surface area contributed by atoms with Crippen molar-refractivity contribution in [1.82, 2.24) is 5.32 Å². The maximum Gasteiger partial charge on any atom is 0.156 e. The molecule has 2 rings (SSSR count). The number of rotatable bonds is 5. The number of nitrogens with one attached hydrogen (secondary N) is 1. The van der Waals surface area contributed by atoms with E-state index in [9.17, 15) is 8.42 Å². The van der Waals surface area contributed by atoms with Gasteiger partial charge in [-0.05, 0) is 51.0 Å². The fourth-order valence-corrected chi connectivity index (χ4v) is 6.56. The normalized spacial score (nSPS) is 35.9. The Balaban J connectivity index is 1.97. The van der Waals surface area contributed by atoms with Crippen LogP contribution in [0.5, 0.6) is 0 Å². The van der Waals surface area contributed by atoms with Crippen molar-refractivity contribution >= 4 is 9.84 Å². The Morgan fingerprint density at radius 3 is 2.30 bits per heavy atom. The van der Waals surface area contributed by atoms with Gasteiger partial charge < -0.3 is 5.32 Å². The zero-order valence-electron chi connectivity index (χ0n) is 13.1. The summed E-state index contributed by atoms with van der Waals surface area (Å²) < 4.78 is 25.8. The minimum absolute atomic E-state index is 0.0545. The van der Waals surface area contributed by atoms with Gasteiger partial charge in [-0.3, -0.25) is 0 Å². The van der Waals surface area contributed by atoms with Gasteiger partial charge in [-0.15, -0.1) is 0 Å². The van der Waals surface area contributed by atoms with Gasteiger partial charge in [-0.2, -0.15) is 0 Å². The van der Waals surface area contributed by atoms with Gasteiger partial charge in [-0.1, -0.05) is 33.1 Å². The maximum absolute atomic E-state index is 12.9. The highest BCUT2D eigenvalue weighted by Crippen LogP contribution is 2.34. The van der Waals surface area contributed by atoms with E-state index in [1.54, 1.807) is 0 Å². The minimum Gasteiger partial charge on any atom is -0.314 e. The molecule has 3 nitrogen and oxygen atoms in total. The summed E-state index contributed by atoms with van der Waals surface area (Å²) >= 11 is 0. The standard InChI is InChI=1S/C16H31NO2S/c1-3-10-17-14-7-5-9-16(12-14)20(18,19)15-8-4-6-13(2)11-15/h13-17H,3-12H2,1-2H3. The highest BCUT2D eigenvalue weighted by atomic mass is 32.2. The van der Waals surface area contributed by atoms with Crippen LogP contribution in [0.3, 0.4) is 0 Å². The lowest BCUT2D eigenvalue weighted by molar-refractivity contribution is 0.355. The predicted octanol–water partition coefficient (Wildman–Crippen LogP) is 3.29. The highest BCUT2D eigenvalue weighted by molar-refractivity contribution is 7.92. The van der Waals surface area contributed by atoms with Crippen molar-refractivity contribution in [2.75, 3.05) is 6.54 Å². The van der Waals surface area contributed by atoms with Crippen molar-refractivity contribution in [1.29, 1.82) is 0 Å². The first-order chi connectivity index (χ1) is 9.54. The van der Waals surface area contributed by atoms with Gasteiger partial charge in [0.25, 0.3) is 0 Å². The molecule has 2 aliphatic rings. The first kappa shape index (κ1) is 16.3. The van der Waals surface area contributed by atoms with E-state index in [1.165, 1.54) is 6.42 Å². The topological polar surface area (TPSA) is 46.2 Å². The van der Waals surface area contributed by atoms with Gasteiger partial charge in [-0.25, -0.2) is 8.42 Å². The van der Waals surface area contributed by atoms with E-state index in [0.717, 1.165) is 57.9 Å². The van der Waals surface area contributed by atoms with Crippen LogP contribution in [0.4, 0.5) is 0 Å². The van der Waals surface area contributed by atoms with Crippen molar-refractivity contribution in [3.05, 3.63) is 0 Å². The van der Waals surface area contributed by atoms with Crippen LogP contribution in [-0.4, -0.2) is 31.5 Å². The second kappa shape index (κ2) is 7.26. The second-order valence-electron chi connectivity index (χ2n) is 6.92. The Bertz CT molecular complexity index is 393. The van der Waals surface area contributed by atoms with Crippen molar-refractivity contribution in [2.24, 2.45) is 5.92 Å². The van der Waals surface area contributed by atoms with Crippen LogP contribution in [0.15, 0.2) is 0 Å². The Morgan fingerprint density at radius 2 is 1.65 bits per heavy atom. The van der Waals surface area contributed by atoms with Crippen LogP contribution in [0.2, 0.25) is 0 Å². The van der Waals surface area contributed by atoms with E-state index in [4.69, 9.17) is 0 Å². The molecule has 0 aromatic carbocycles. The van der Waals surface area contributed by atoms with E-state index in [1.807, 2.05) is 0 Å². The molecule has 4 unspecified atom stereocenters. The first-order valence-electron chi connectivity index (χ1n) is 8.50. The Hall–Kier alpha value is -0.0900. The summed E-state index contributed by atoms with van der Waals surface area (Å²) in [6.45, 7) is 5.37. The minimum atomic E-state index is -2.92. The molecule has 2 aliphatic carbocycles. The summed E-state index contributed by atoms with van der Waals surface area (Å²) in [6.07, 6.45) is 9.15. The number of hydrogen-bond acceptors (Lipinski definition) is 3. The molecule has 0 amide bonds. The van der Waals surface area contributed by atoms with Gasteiger partial charge in [0.15, 0.2) is 9.84 Å². The Kier molecular flexibility index (Phi) is 5.91.